The quantitative estimate of drug-likeness (QED) is 0.199. The van der Waals surface area contributed by atoms with Crippen molar-refractivity contribution < 1.29 is 64.2 Å². The van der Waals surface area contributed by atoms with E-state index in [-0.39, 0.29) is 35.6 Å². The Balaban J connectivity index is 0.959. The van der Waals surface area contributed by atoms with Crippen molar-refractivity contribution in [3.63, 3.8) is 0 Å². The fourth-order valence-electron chi connectivity index (χ4n) is 13.0. The number of hydrogen-bond acceptors (Lipinski definition) is 13. The van der Waals surface area contributed by atoms with E-state index in [1.165, 1.54) is 0 Å². The molecule has 4 heterocycles. The lowest BCUT2D eigenvalue weighted by Crippen LogP contribution is -2.64. The van der Waals surface area contributed by atoms with Gasteiger partial charge in [0.1, 0.15) is 42.7 Å². The van der Waals surface area contributed by atoms with Crippen LogP contribution in [-0.2, 0) is 28.4 Å². The van der Waals surface area contributed by atoms with Crippen LogP contribution in [0.5, 0.6) is 0 Å². The highest BCUT2D eigenvalue weighted by molar-refractivity contribution is 5.16. The first-order valence-corrected chi connectivity index (χ1v) is 19.8. The largest absolute Gasteiger partial charge is 0.394 e. The molecule has 4 saturated heterocycles. The number of fused-ring (bicyclic) bond motifs is 7. The molecule has 4 aliphatic carbocycles. The fourth-order valence-corrected chi connectivity index (χ4v) is 13.0. The molecular formula is C38H62O13. The molecular weight excluding hydrogens is 664 g/mol. The lowest BCUT2D eigenvalue weighted by Gasteiger charge is -2.62. The van der Waals surface area contributed by atoms with E-state index < -0.39 is 73.8 Å². The first-order chi connectivity index (χ1) is 24.2. The van der Waals surface area contributed by atoms with Gasteiger partial charge in [-0.1, -0.05) is 27.7 Å². The van der Waals surface area contributed by atoms with Crippen LogP contribution >= 0.6 is 0 Å². The summed E-state index contributed by atoms with van der Waals surface area (Å²) in [6.45, 7) is 9.39. The number of ether oxygens (including phenoxy) is 6. The molecule has 8 fully saturated rings. The zero-order valence-electron chi connectivity index (χ0n) is 30.5. The van der Waals surface area contributed by atoms with Gasteiger partial charge >= 0.3 is 0 Å². The van der Waals surface area contributed by atoms with E-state index in [2.05, 4.69) is 27.7 Å². The van der Waals surface area contributed by atoms with Crippen LogP contribution in [0.4, 0.5) is 0 Å². The zero-order valence-corrected chi connectivity index (χ0v) is 30.5. The van der Waals surface area contributed by atoms with Crippen molar-refractivity contribution in [1.82, 2.24) is 0 Å². The number of rotatable bonds is 5. The van der Waals surface area contributed by atoms with Gasteiger partial charge in [-0.3, -0.25) is 0 Å². The Morgan fingerprint density at radius 3 is 2.20 bits per heavy atom. The minimum absolute atomic E-state index is 0.00826. The Morgan fingerprint density at radius 1 is 0.706 bits per heavy atom. The molecule has 1 spiro atoms. The Labute approximate surface area is 300 Å². The first kappa shape index (κ1) is 37.4. The first-order valence-electron chi connectivity index (χ1n) is 19.8. The van der Waals surface area contributed by atoms with Crippen LogP contribution in [0.1, 0.15) is 85.5 Å². The van der Waals surface area contributed by atoms with E-state index in [0.29, 0.717) is 48.3 Å². The summed E-state index contributed by atoms with van der Waals surface area (Å²) in [6.07, 6.45) is -5.04. The maximum Gasteiger partial charge on any atom is 0.187 e. The van der Waals surface area contributed by atoms with Crippen LogP contribution in [0, 0.1) is 52.3 Å². The van der Waals surface area contributed by atoms with E-state index in [1.807, 2.05) is 0 Å². The Bertz CT molecular complexity index is 1250. The van der Waals surface area contributed by atoms with Crippen molar-refractivity contribution in [3.05, 3.63) is 0 Å². The predicted molar refractivity (Wildman–Crippen MR) is 178 cm³/mol. The standard InChI is InChI=1S/C38H62O13/c1-17-5-10-38(47-15-17)18(2)28-26(51-38)13-22-20-12-24(40)23-11-19(6-8-36(23,3)21(20)7-9-37(22,28)4)48-35-33(31(44)30(43)27(14-39)49-35)50-34-32(45)29(42)25(41)16-46-34/h17-35,39-45H,5-16H2,1-4H3/t17?,18-,19-,20+,21-,22-,23?,24-,25-,26-,27+,28-,29-,30+,31-,32+,33+,34+,35+,36+,37-,38+/m0/s1. The molecule has 0 radical (unpaired) electrons. The van der Waals surface area contributed by atoms with Gasteiger partial charge < -0.3 is 64.2 Å². The molecule has 13 heteroatoms. The van der Waals surface area contributed by atoms with Crippen molar-refractivity contribution >= 4 is 0 Å². The van der Waals surface area contributed by atoms with Gasteiger partial charge in [0.25, 0.3) is 0 Å². The molecule has 4 aliphatic heterocycles. The molecule has 8 aliphatic rings. The zero-order chi connectivity index (χ0) is 36.2. The van der Waals surface area contributed by atoms with Crippen LogP contribution in [0.2, 0.25) is 0 Å². The smallest absolute Gasteiger partial charge is 0.187 e. The van der Waals surface area contributed by atoms with Crippen molar-refractivity contribution in [2.24, 2.45) is 52.3 Å². The maximum absolute atomic E-state index is 12.0. The predicted octanol–water partition coefficient (Wildman–Crippen LogP) is 1.05. The molecule has 2 unspecified atom stereocenters. The van der Waals surface area contributed by atoms with E-state index in [1.54, 1.807) is 0 Å². The molecule has 22 atom stereocenters. The van der Waals surface area contributed by atoms with Crippen LogP contribution in [0.3, 0.4) is 0 Å². The van der Waals surface area contributed by atoms with E-state index >= 15 is 0 Å². The van der Waals surface area contributed by atoms with E-state index in [9.17, 15) is 35.7 Å². The average molecular weight is 727 g/mol. The van der Waals surface area contributed by atoms with E-state index in [0.717, 1.165) is 51.6 Å². The van der Waals surface area contributed by atoms with Gasteiger partial charge in [-0.25, -0.2) is 0 Å². The minimum Gasteiger partial charge on any atom is -0.394 e. The molecule has 13 nitrogen and oxygen atoms in total. The topological polar surface area (TPSA) is 197 Å². The van der Waals surface area contributed by atoms with Crippen LogP contribution in [0.15, 0.2) is 0 Å². The molecule has 0 amide bonds. The molecule has 8 rings (SSSR count). The summed E-state index contributed by atoms with van der Waals surface area (Å²) in [6, 6.07) is 0. The third-order valence-corrected chi connectivity index (χ3v) is 15.8. The van der Waals surface area contributed by atoms with Gasteiger partial charge in [-0.15, -0.1) is 0 Å². The third kappa shape index (κ3) is 5.90. The summed E-state index contributed by atoms with van der Waals surface area (Å²) in [7, 11) is 0. The molecule has 0 bridgehead atoms. The van der Waals surface area contributed by atoms with Gasteiger partial charge in [0.2, 0.25) is 0 Å². The minimum atomic E-state index is -1.62. The summed E-state index contributed by atoms with van der Waals surface area (Å²) in [5, 5.41) is 74.2. The Kier molecular flexibility index (Phi) is 9.97. The molecule has 0 aromatic carbocycles. The van der Waals surface area contributed by atoms with Crippen molar-refractivity contribution in [2.75, 3.05) is 19.8 Å². The Morgan fingerprint density at radius 2 is 1.47 bits per heavy atom. The Hall–Kier alpha value is -0.520. The number of hydrogen-bond donors (Lipinski definition) is 7. The second kappa shape index (κ2) is 13.6. The second-order valence-corrected chi connectivity index (χ2v) is 18.4. The molecule has 0 aromatic heterocycles. The van der Waals surface area contributed by atoms with Crippen LogP contribution in [-0.4, -0.2) is 135 Å². The maximum atomic E-state index is 12.0. The van der Waals surface area contributed by atoms with Crippen LogP contribution < -0.4 is 0 Å². The summed E-state index contributed by atoms with van der Waals surface area (Å²) in [4.78, 5) is 0. The summed E-state index contributed by atoms with van der Waals surface area (Å²) in [5.74, 6) is 2.30. The highest BCUT2D eigenvalue weighted by Crippen LogP contribution is 2.71. The van der Waals surface area contributed by atoms with Crippen molar-refractivity contribution in [3.8, 4) is 0 Å². The van der Waals surface area contributed by atoms with Crippen molar-refractivity contribution in [2.45, 2.75) is 165 Å². The second-order valence-electron chi connectivity index (χ2n) is 18.4. The highest BCUT2D eigenvalue weighted by atomic mass is 16.8. The lowest BCUT2D eigenvalue weighted by atomic mass is 9.43. The molecule has 292 valence electrons. The van der Waals surface area contributed by atoms with Gasteiger partial charge in [0, 0.05) is 12.3 Å². The summed E-state index contributed by atoms with van der Waals surface area (Å²) < 4.78 is 37.2. The number of aliphatic hydroxyl groups excluding tert-OH is 7. The molecule has 0 aromatic rings. The third-order valence-electron chi connectivity index (χ3n) is 15.8. The van der Waals surface area contributed by atoms with Gasteiger partial charge in [-0.2, -0.15) is 0 Å². The van der Waals surface area contributed by atoms with Crippen molar-refractivity contribution in [1.29, 1.82) is 0 Å². The van der Waals surface area contributed by atoms with Crippen LogP contribution in [0.25, 0.3) is 0 Å². The highest BCUT2D eigenvalue weighted by Gasteiger charge is 2.70. The summed E-state index contributed by atoms with van der Waals surface area (Å²) in [5.41, 5.74) is 0.0668. The van der Waals surface area contributed by atoms with E-state index in [4.69, 9.17) is 28.4 Å². The SMILES string of the molecule is CC1CC[C@@]2(OC1)O[C@H]1C[C@H]3[C@@H]4C[C@H](O)C5C[C@@H](O[C@@H]6O[C@H](CO)[C@@H](O)[C@H](O)[C@H]6O[C@H]6OC[C@H](O)[C@H](O)[C@H]6O)CC[C@]5(C)[C@H]4CC[C@]3(C)[C@H]1[C@@H]2C. The monoisotopic (exact) mass is 726 g/mol. The van der Waals surface area contributed by atoms with Gasteiger partial charge in [0.15, 0.2) is 18.4 Å². The fraction of sp³-hybridized carbons (Fsp3) is 1.00. The normalized spacial score (nSPS) is 59.9. The average Bonchev–Trinajstić information content (AvgIpc) is 3.55. The molecule has 7 N–H and O–H groups in total. The van der Waals surface area contributed by atoms with Gasteiger partial charge in [0.05, 0.1) is 38.1 Å². The molecule has 4 saturated carbocycles. The molecule has 51 heavy (non-hydrogen) atoms. The van der Waals surface area contributed by atoms with Gasteiger partial charge in [-0.05, 0) is 97.7 Å². The summed E-state index contributed by atoms with van der Waals surface area (Å²) >= 11 is 0. The number of aliphatic hydroxyl groups is 7. The lowest BCUT2D eigenvalue weighted by molar-refractivity contribution is -0.364.